The Bertz CT molecular complexity index is 415. The molecule has 0 aromatic rings. The van der Waals surface area contributed by atoms with E-state index in [2.05, 4.69) is 21.4 Å². The molecule has 1 amide bonds. The molecule has 0 bridgehead atoms. The van der Waals surface area contributed by atoms with Gasteiger partial charge in [0.25, 0.3) is 0 Å². The van der Waals surface area contributed by atoms with Gasteiger partial charge in [-0.2, -0.15) is 11.8 Å². The molecule has 0 aliphatic carbocycles. The van der Waals surface area contributed by atoms with Crippen molar-refractivity contribution in [3.63, 3.8) is 0 Å². The lowest BCUT2D eigenvalue weighted by Crippen LogP contribution is -2.49. The van der Waals surface area contributed by atoms with Crippen LogP contribution in [0.3, 0.4) is 0 Å². The third-order valence-electron chi connectivity index (χ3n) is 6.32. The lowest BCUT2D eigenvalue weighted by Gasteiger charge is -2.41. The molecule has 5 nitrogen and oxygen atoms in total. The predicted molar refractivity (Wildman–Crippen MR) is 109 cm³/mol. The lowest BCUT2D eigenvalue weighted by atomic mass is 9.92. The van der Waals surface area contributed by atoms with Gasteiger partial charge >= 0.3 is 0 Å². The fraction of sp³-hybridized carbons (Fsp3) is 0.950. The number of carbonyl (C=O) groups excluding carboxylic acids is 1. The van der Waals surface area contributed by atoms with E-state index in [1.165, 1.54) is 44.6 Å². The van der Waals surface area contributed by atoms with Crippen molar-refractivity contribution in [2.75, 3.05) is 57.9 Å². The number of hydrogen-bond acceptors (Lipinski definition) is 5. The number of likely N-dealkylation sites (tertiary alicyclic amines) is 2. The van der Waals surface area contributed by atoms with E-state index in [1.807, 2.05) is 11.8 Å². The van der Waals surface area contributed by atoms with Crippen LogP contribution in [0.1, 0.15) is 44.9 Å². The largest absolute Gasteiger partial charge is 0.376 e. The molecule has 3 heterocycles. The Labute approximate surface area is 163 Å². The second kappa shape index (κ2) is 10.9. The number of nitrogens with zero attached hydrogens (tertiary/aromatic N) is 2. The quantitative estimate of drug-likeness (QED) is 0.651. The molecule has 0 saturated carbocycles. The van der Waals surface area contributed by atoms with Gasteiger partial charge in [-0.15, -0.1) is 0 Å². The van der Waals surface area contributed by atoms with Gasteiger partial charge in [-0.1, -0.05) is 0 Å². The van der Waals surface area contributed by atoms with Crippen LogP contribution in [0, 0.1) is 5.92 Å². The second-order valence-electron chi connectivity index (χ2n) is 8.11. The predicted octanol–water partition coefficient (Wildman–Crippen LogP) is 2.21. The van der Waals surface area contributed by atoms with Crippen molar-refractivity contribution < 1.29 is 9.53 Å². The summed E-state index contributed by atoms with van der Waals surface area (Å²) in [5.74, 6) is 1.74. The summed E-state index contributed by atoms with van der Waals surface area (Å²) in [4.78, 5) is 17.7. The van der Waals surface area contributed by atoms with E-state index in [0.29, 0.717) is 6.54 Å². The lowest BCUT2D eigenvalue weighted by molar-refractivity contribution is -0.127. The van der Waals surface area contributed by atoms with E-state index < -0.39 is 0 Å². The standard InChI is InChI=1S/C20H37N3O2S/c1-26-15-3-9-22-10-7-18(8-11-22)23-12-5-17(6-13-23)20(24)21-16-19-4-2-14-25-19/h17-19H,2-16H2,1H3,(H,21,24)/t19-/m0/s1. The van der Waals surface area contributed by atoms with Crippen molar-refractivity contribution in [3.05, 3.63) is 0 Å². The molecule has 1 atom stereocenters. The van der Waals surface area contributed by atoms with Crippen molar-refractivity contribution in [2.45, 2.75) is 57.1 Å². The molecule has 3 saturated heterocycles. The van der Waals surface area contributed by atoms with E-state index in [4.69, 9.17) is 4.74 Å². The maximum atomic E-state index is 12.4. The SMILES string of the molecule is CSCCCN1CCC(N2CCC(C(=O)NC[C@@H]3CCCO3)CC2)CC1. The summed E-state index contributed by atoms with van der Waals surface area (Å²) in [7, 11) is 0. The Morgan fingerprint density at radius 2 is 1.88 bits per heavy atom. The first-order chi connectivity index (χ1) is 12.8. The molecule has 3 rings (SSSR count). The van der Waals surface area contributed by atoms with Crippen LogP contribution in [0.15, 0.2) is 0 Å². The average Bonchev–Trinajstić information content (AvgIpc) is 3.21. The summed E-state index contributed by atoms with van der Waals surface area (Å²) in [5, 5.41) is 3.13. The van der Waals surface area contributed by atoms with E-state index in [0.717, 1.165) is 51.4 Å². The van der Waals surface area contributed by atoms with Gasteiger partial charge in [0.05, 0.1) is 6.10 Å². The molecule has 6 heteroatoms. The van der Waals surface area contributed by atoms with Crippen molar-refractivity contribution in [1.29, 1.82) is 0 Å². The zero-order valence-electron chi connectivity index (χ0n) is 16.5. The Morgan fingerprint density at radius 1 is 1.12 bits per heavy atom. The molecule has 3 fully saturated rings. The van der Waals surface area contributed by atoms with Crippen LogP contribution in [-0.4, -0.2) is 85.7 Å². The van der Waals surface area contributed by atoms with Crippen LogP contribution in [0.4, 0.5) is 0 Å². The fourth-order valence-electron chi connectivity index (χ4n) is 4.63. The van der Waals surface area contributed by atoms with Crippen LogP contribution >= 0.6 is 11.8 Å². The molecule has 0 unspecified atom stereocenters. The third kappa shape index (κ3) is 6.11. The first-order valence-electron chi connectivity index (χ1n) is 10.6. The number of ether oxygens (including phenoxy) is 1. The number of amides is 1. The van der Waals surface area contributed by atoms with Crippen LogP contribution in [-0.2, 0) is 9.53 Å². The molecular weight excluding hydrogens is 346 g/mol. The first kappa shape index (κ1) is 20.4. The maximum Gasteiger partial charge on any atom is 0.223 e. The number of rotatable bonds is 8. The van der Waals surface area contributed by atoms with Gasteiger partial charge in [-0.05, 0) is 89.7 Å². The van der Waals surface area contributed by atoms with Gasteiger partial charge in [0.2, 0.25) is 5.91 Å². The van der Waals surface area contributed by atoms with Gasteiger partial charge in [0.1, 0.15) is 0 Å². The van der Waals surface area contributed by atoms with E-state index in [9.17, 15) is 4.79 Å². The normalized spacial score (nSPS) is 27.0. The van der Waals surface area contributed by atoms with Crippen LogP contribution < -0.4 is 5.32 Å². The highest BCUT2D eigenvalue weighted by Gasteiger charge is 2.30. The topological polar surface area (TPSA) is 44.8 Å². The van der Waals surface area contributed by atoms with Gasteiger partial charge in [0.15, 0.2) is 0 Å². The molecule has 26 heavy (non-hydrogen) atoms. The molecule has 0 radical (unpaired) electrons. The average molecular weight is 384 g/mol. The molecule has 1 N–H and O–H groups in total. The zero-order valence-corrected chi connectivity index (χ0v) is 17.3. The first-order valence-corrected chi connectivity index (χ1v) is 12.0. The highest BCUT2D eigenvalue weighted by Crippen LogP contribution is 2.24. The second-order valence-corrected chi connectivity index (χ2v) is 9.10. The van der Waals surface area contributed by atoms with Crippen LogP contribution in [0.5, 0.6) is 0 Å². The van der Waals surface area contributed by atoms with E-state index >= 15 is 0 Å². The number of carbonyl (C=O) groups is 1. The minimum absolute atomic E-state index is 0.208. The summed E-state index contributed by atoms with van der Waals surface area (Å²) in [6, 6.07) is 0.739. The van der Waals surface area contributed by atoms with Gasteiger partial charge in [0, 0.05) is 25.1 Å². The van der Waals surface area contributed by atoms with E-state index in [-0.39, 0.29) is 17.9 Å². The molecule has 0 aromatic heterocycles. The Kier molecular flexibility index (Phi) is 8.56. The molecule has 3 aliphatic heterocycles. The van der Waals surface area contributed by atoms with Crippen molar-refractivity contribution >= 4 is 17.7 Å². The number of hydrogen-bond donors (Lipinski definition) is 1. The monoisotopic (exact) mass is 383 g/mol. The highest BCUT2D eigenvalue weighted by atomic mass is 32.2. The summed E-state index contributed by atoms with van der Waals surface area (Å²) in [6.07, 6.45) is 10.6. The Hall–Kier alpha value is -0.300. The summed E-state index contributed by atoms with van der Waals surface area (Å²) >= 11 is 1.95. The Balaban J connectivity index is 1.30. The molecule has 0 aromatic carbocycles. The van der Waals surface area contributed by atoms with E-state index in [1.54, 1.807) is 0 Å². The van der Waals surface area contributed by atoms with Gasteiger partial charge < -0.3 is 19.9 Å². The maximum absolute atomic E-state index is 12.4. The molecule has 150 valence electrons. The minimum Gasteiger partial charge on any atom is -0.376 e. The van der Waals surface area contributed by atoms with Crippen molar-refractivity contribution in [2.24, 2.45) is 5.92 Å². The van der Waals surface area contributed by atoms with Gasteiger partial charge in [-0.3, -0.25) is 4.79 Å². The smallest absolute Gasteiger partial charge is 0.223 e. The summed E-state index contributed by atoms with van der Waals surface area (Å²) in [6.45, 7) is 7.51. The fourth-order valence-corrected chi connectivity index (χ4v) is 5.05. The number of thioether (sulfide) groups is 1. The van der Waals surface area contributed by atoms with Gasteiger partial charge in [-0.25, -0.2) is 0 Å². The third-order valence-corrected chi connectivity index (χ3v) is 7.02. The van der Waals surface area contributed by atoms with Crippen molar-refractivity contribution in [3.8, 4) is 0 Å². The van der Waals surface area contributed by atoms with Crippen molar-refractivity contribution in [1.82, 2.24) is 15.1 Å². The minimum atomic E-state index is 0.208. The Morgan fingerprint density at radius 3 is 2.54 bits per heavy atom. The number of piperidine rings is 2. The summed E-state index contributed by atoms with van der Waals surface area (Å²) in [5.41, 5.74) is 0. The summed E-state index contributed by atoms with van der Waals surface area (Å²) < 4.78 is 5.60. The van der Waals surface area contributed by atoms with Crippen LogP contribution in [0.2, 0.25) is 0 Å². The molecule has 3 aliphatic rings. The highest BCUT2D eigenvalue weighted by molar-refractivity contribution is 7.98. The van der Waals surface area contributed by atoms with Crippen LogP contribution in [0.25, 0.3) is 0 Å². The zero-order chi connectivity index (χ0) is 18.2. The molecule has 0 spiro atoms. The number of nitrogens with one attached hydrogen (secondary N) is 1. The molecular formula is C20H37N3O2S.